The molecule has 0 bridgehead atoms. The third-order valence-electron chi connectivity index (χ3n) is 3.94. The van der Waals surface area contributed by atoms with Crippen LogP contribution in [0.5, 0.6) is 5.75 Å². The van der Waals surface area contributed by atoms with E-state index in [-0.39, 0.29) is 5.91 Å². The number of nitrogens with zero attached hydrogens (tertiary/aromatic N) is 4. The van der Waals surface area contributed by atoms with Crippen LogP contribution in [0.3, 0.4) is 0 Å². The minimum atomic E-state index is 0.0199. The molecule has 2 heterocycles. The molecule has 0 aliphatic carbocycles. The van der Waals surface area contributed by atoms with E-state index in [0.29, 0.717) is 13.1 Å². The number of amides is 1. The van der Waals surface area contributed by atoms with Gasteiger partial charge in [-0.05, 0) is 29.8 Å². The van der Waals surface area contributed by atoms with Gasteiger partial charge in [0.1, 0.15) is 5.75 Å². The molecule has 1 aliphatic rings. The third-order valence-corrected chi connectivity index (χ3v) is 3.94. The Morgan fingerprint density at radius 2 is 1.88 bits per heavy atom. The molecule has 24 heavy (non-hydrogen) atoms. The van der Waals surface area contributed by atoms with Crippen LogP contribution < -0.4 is 9.64 Å². The molecule has 6 nitrogen and oxygen atoms in total. The number of aromatic nitrogens is 2. The predicted molar refractivity (Wildman–Crippen MR) is 92.9 cm³/mol. The summed E-state index contributed by atoms with van der Waals surface area (Å²) >= 11 is 0. The van der Waals surface area contributed by atoms with E-state index in [2.05, 4.69) is 14.9 Å². The summed E-state index contributed by atoms with van der Waals surface area (Å²) in [4.78, 5) is 24.8. The highest BCUT2D eigenvalue weighted by Crippen LogP contribution is 2.14. The molecule has 0 unspecified atom stereocenters. The van der Waals surface area contributed by atoms with Crippen molar-refractivity contribution >= 4 is 17.9 Å². The van der Waals surface area contributed by atoms with Crippen LogP contribution in [0.2, 0.25) is 0 Å². The Bertz CT molecular complexity index is 710. The van der Waals surface area contributed by atoms with E-state index >= 15 is 0 Å². The molecule has 1 fully saturated rings. The molecule has 3 rings (SSSR count). The van der Waals surface area contributed by atoms with E-state index in [1.54, 1.807) is 31.6 Å². The first-order chi connectivity index (χ1) is 11.8. The Labute approximate surface area is 141 Å². The summed E-state index contributed by atoms with van der Waals surface area (Å²) in [7, 11) is 1.63. The van der Waals surface area contributed by atoms with E-state index in [4.69, 9.17) is 4.74 Å². The van der Waals surface area contributed by atoms with Gasteiger partial charge >= 0.3 is 0 Å². The Kier molecular flexibility index (Phi) is 5.05. The van der Waals surface area contributed by atoms with Gasteiger partial charge in [0, 0.05) is 44.6 Å². The van der Waals surface area contributed by atoms with Gasteiger partial charge in [0.2, 0.25) is 11.9 Å². The maximum Gasteiger partial charge on any atom is 0.246 e. The van der Waals surface area contributed by atoms with Crippen molar-refractivity contribution in [1.29, 1.82) is 0 Å². The van der Waals surface area contributed by atoms with Crippen LogP contribution in [0, 0.1) is 0 Å². The standard InChI is InChI=1S/C18H20N4O2/c1-24-16-5-2-4-15(14-16)6-7-17(23)21-10-12-22(13-11-21)18-19-8-3-9-20-18/h2-9,14H,10-13H2,1H3. The molecule has 0 N–H and O–H groups in total. The van der Waals surface area contributed by atoms with E-state index in [1.807, 2.05) is 35.2 Å². The van der Waals surface area contributed by atoms with Crippen molar-refractivity contribution in [1.82, 2.24) is 14.9 Å². The average molecular weight is 324 g/mol. The Balaban J connectivity index is 1.56. The lowest BCUT2D eigenvalue weighted by Crippen LogP contribution is -2.48. The summed E-state index contributed by atoms with van der Waals surface area (Å²) < 4.78 is 5.19. The Hall–Kier alpha value is -2.89. The molecular formula is C18H20N4O2. The van der Waals surface area contributed by atoms with Crippen LogP contribution >= 0.6 is 0 Å². The number of benzene rings is 1. The summed E-state index contributed by atoms with van der Waals surface area (Å²) in [6.07, 6.45) is 6.90. The largest absolute Gasteiger partial charge is 0.497 e. The zero-order chi connectivity index (χ0) is 16.8. The van der Waals surface area contributed by atoms with E-state index in [1.165, 1.54) is 0 Å². The van der Waals surface area contributed by atoms with Gasteiger partial charge in [-0.25, -0.2) is 9.97 Å². The number of piperazine rings is 1. The zero-order valence-corrected chi connectivity index (χ0v) is 13.6. The monoisotopic (exact) mass is 324 g/mol. The highest BCUT2D eigenvalue weighted by Gasteiger charge is 2.20. The number of carbonyl (C=O) groups excluding carboxylic acids is 1. The van der Waals surface area contributed by atoms with Crippen LogP contribution in [0.1, 0.15) is 5.56 Å². The number of hydrogen-bond acceptors (Lipinski definition) is 5. The quantitative estimate of drug-likeness (QED) is 0.803. The summed E-state index contributed by atoms with van der Waals surface area (Å²) in [5.41, 5.74) is 0.944. The molecule has 1 aliphatic heterocycles. The van der Waals surface area contributed by atoms with Crippen molar-refractivity contribution in [2.45, 2.75) is 0 Å². The van der Waals surface area contributed by atoms with Gasteiger partial charge in [0.05, 0.1) is 7.11 Å². The molecule has 0 atom stereocenters. The minimum absolute atomic E-state index is 0.0199. The molecule has 0 radical (unpaired) electrons. The molecular weight excluding hydrogens is 304 g/mol. The predicted octanol–water partition coefficient (Wildman–Crippen LogP) is 1.85. The van der Waals surface area contributed by atoms with E-state index in [0.717, 1.165) is 30.4 Å². The molecule has 1 saturated heterocycles. The van der Waals surface area contributed by atoms with Crippen LogP contribution in [0.15, 0.2) is 48.8 Å². The van der Waals surface area contributed by atoms with Crippen molar-refractivity contribution in [3.63, 3.8) is 0 Å². The number of anilines is 1. The molecule has 1 amide bonds. The van der Waals surface area contributed by atoms with Crippen molar-refractivity contribution in [3.8, 4) is 5.75 Å². The molecule has 2 aromatic rings. The van der Waals surface area contributed by atoms with Gasteiger partial charge in [0.15, 0.2) is 0 Å². The third kappa shape index (κ3) is 3.90. The first kappa shape index (κ1) is 16.0. The van der Waals surface area contributed by atoms with Crippen LogP contribution in [-0.2, 0) is 4.79 Å². The highest BCUT2D eigenvalue weighted by atomic mass is 16.5. The maximum atomic E-state index is 12.3. The second kappa shape index (κ2) is 7.59. The fraction of sp³-hybridized carbons (Fsp3) is 0.278. The lowest BCUT2D eigenvalue weighted by Gasteiger charge is -2.34. The first-order valence-corrected chi connectivity index (χ1v) is 7.89. The van der Waals surface area contributed by atoms with Crippen molar-refractivity contribution < 1.29 is 9.53 Å². The average Bonchev–Trinajstić information content (AvgIpc) is 2.67. The number of ether oxygens (including phenoxy) is 1. The van der Waals surface area contributed by atoms with Crippen LogP contribution in [0.4, 0.5) is 5.95 Å². The smallest absolute Gasteiger partial charge is 0.246 e. The molecule has 1 aromatic carbocycles. The lowest BCUT2D eigenvalue weighted by atomic mass is 10.2. The molecule has 124 valence electrons. The lowest BCUT2D eigenvalue weighted by molar-refractivity contribution is -0.126. The van der Waals surface area contributed by atoms with Gasteiger partial charge in [-0.1, -0.05) is 12.1 Å². The summed E-state index contributed by atoms with van der Waals surface area (Å²) in [6.45, 7) is 2.81. The molecule has 0 spiro atoms. The van der Waals surface area contributed by atoms with Crippen molar-refractivity contribution in [2.24, 2.45) is 0 Å². The van der Waals surface area contributed by atoms with Crippen molar-refractivity contribution in [3.05, 3.63) is 54.4 Å². The van der Waals surface area contributed by atoms with Gasteiger partial charge in [-0.15, -0.1) is 0 Å². The molecule has 1 aromatic heterocycles. The van der Waals surface area contributed by atoms with Gasteiger partial charge in [0.25, 0.3) is 0 Å². The number of methoxy groups -OCH3 is 1. The number of hydrogen-bond donors (Lipinski definition) is 0. The zero-order valence-electron chi connectivity index (χ0n) is 13.6. The molecule has 0 saturated carbocycles. The highest BCUT2D eigenvalue weighted by molar-refractivity contribution is 5.92. The normalized spacial score (nSPS) is 14.9. The minimum Gasteiger partial charge on any atom is -0.497 e. The second-order valence-electron chi connectivity index (χ2n) is 5.47. The first-order valence-electron chi connectivity index (χ1n) is 7.89. The summed E-state index contributed by atoms with van der Waals surface area (Å²) in [5.74, 6) is 1.52. The maximum absolute atomic E-state index is 12.3. The fourth-order valence-electron chi connectivity index (χ4n) is 2.60. The van der Waals surface area contributed by atoms with Crippen LogP contribution in [0.25, 0.3) is 6.08 Å². The fourth-order valence-corrected chi connectivity index (χ4v) is 2.60. The van der Waals surface area contributed by atoms with E-state index in [9.17, 15) is 4.79 Å². The Morgan fingerprint density at radius 3 is 2.58 bits per heavy atom. The van der Waals surface area contributed by atoms with Crippen LogP contribution in [-0.4, -0.2) is 54.1 Å². The SMILES string of the molecule is COc1cccc(C=CC(=O)N2CCN(c3ncccn3)CC2)c1. The van der Waals surface area contributed by atoms with Crippen molar-refractivity contribution in [2.75, 3.05) is 38.2 Å². The summed E-state index contributed by atoms with van der Waals surface area (Å²) in [6, 6.07) is 9.42. The van der Waals surface area contributed by atoms with Gasteiger partial charge in [-0.2, -0.15) is 0 Å². The van der Waals surface area contributed by atoms with E-state index < -0.39 is 0 Å². The van der Waals surface area contributed by atoms with Gasteiger partial charge < -0.3 is 14.5 Å². The Morgan fingerprint density at radius 1 is 1.12 bits per heavy atom. The van der Waals surface area contributed by atoms with Gasteiger partial charge in [-0.3, -0.25) is 4.79 Å². The number of carbonyl (C=O) groups is 1. The topological polar surface area (TPSA) is 58.6 Å². The molecule has 6 heteroatoms. The second-order valence-corrected chi connectivity index (χ2v) is 5.47. The number of rotatable bonds is 4. The summed E-state index contributed by atoms with van der Waals surface area (Å²) in [5, 5.41) is 0.